The second-order valence-electron chi connectivity index (χ2n) is 4.56. The van der Waals surface area contributed by atoms with Crippen LogP contribution in [-0.4, -0.2) is 9.55 Å². The van der Waals surface area contributed by atoms with Crippen molar-refractivity contribution < 1.29 is 0 Å². The zero-order valence-electron chi connectivity index (χ0n) is 11.2. The maximum Gasteiger partial charge on any atom is 0.176 e. The van der Waals surface area contributed by atoms with Crippen molar-refractivity contribution in [1.82, 2.24) is 9.55 Å². The molecule has 2 aromatic rings. The molecule has 6 nitrogen and oxygen atoms in total. The molecule has 21 heavy (non-hydrogen) atoms. The Labute approximate surface area is 122 Å². The second-order valence-corrected chi connectivity index (χ2v) is 4.56. The van der Waals surface area contributed by atoms with Gasteiger partial charge in [0.15, 0.2) is 11.4 Å². The SMILES string of the molecule is N#Cc1ncn(CCC(N)(C#N)c2ccccc2)c1C#N. The molecule has 0 radical (unpaired) electrons. The van der Waals surface area contributed by atoms with Crippen LogP contribution in [0.3, 0.4) is 0 Å². The number of hydrogen-bond donors (Lipinski definition) is 1. The molecule has 0 bridgehead atoms. The summed E-state index contributed by atoms with van der Waals surface area (Å²) in [4.78, 5) is 3.86. The molecule has 1 heterocycles. The Hall–Kier alpha value is -3.14. The lowest BCUT2D eigenvalue weighted by molar-refractivity contribution is 0.471. The van der Waals surface area contributed by atoms with Crippen LogP contribution < -0.4 is 5.73 Å². The van der Waals surface area contributed by atoms with E-state index in [1.165, 1.54) is 6.33 Å². The van der Waals surface area contributed by atoms with Crippen LogP contribution in [0.5, 0.6) is 0 Å². The van der Waals surface area contributed by atoms with Gasteiger partial charge >= 0.3 is 0 Å². The van der Waals surface area contributed by atoms with Gasteiger partial charge < -0.3 is 10.3 Å². The predicted molar refractivity (Wildman–Crippen MR) is 74.2 cm³/mol. The first kappa shape index (κ1) is 14.3. The molecule has 1 atom stereocenters. The molecule has 0 aliphatic rings. The number of aryl methyl sites for hydroxylation is 1. The van der Waals surface area contributed by atoms with Crippen molar-refractivity contribution in [2.45, 2.75) is 18.5 Å². The van der Waals surface area contributed by atoms with Gasteiger partial charge in [-0.25, -0.2) is 4.98 Å². The smallest absolute Gasteiger partial charge is 0.176 e. The van der Waals surface area contributed by atoms with Gasteiger partial charge in [-0.3, -0.25) is 0 Å². The molecule has 1 aromatic carbocycles. The summed E-state index contributed by atoms with van der Waals surface area (Å²) in [6.07, 6.45) is 1.73. The highest BCUT2D eigenvalue weighted by Gasteiger charge is 2.27. The lowest BCUT2D eigenvalue weighted by Crippen LogP contribution is -2.36. The van der Waals surface area contributed by atoms with Crippen molar-refractivity contribution >= 4 is 0 Å². The number of nitrogens with zero attached hydrogens (tertiary/aromatic N) is 5. The van der Waals surface area contributed by atoms with Crippen molar-refractivity contribution in [2.75, 3.05) is 0 Å². The van der Waals surface area contributed by atoms with Gasteiger partial charge in [-0.15, -0.1) is 0 Å². The third kappa shape index (κ3) is 2.74. The average Bonchev–Trinajstić information content (AvgIpc) is 2.95. The van der Waals surface area contributed by atoms with Crippen LogP contribution in [0.25, 0.3) is 0 Å². The van der Waals surface area contributed by atoms with Crippen LogP contribution in [0, 0.1) is 34.0 Å². The van der Waals surface area contributed by atoms with E-state index >= 15 is 0 Å². The van der Waals surface area contributed by atoms with E-state index in [0.717, 1.165) is 0 Å². The summed E-state index contributed by atoms with van der Waals surface area (Å²) in [7, 11) is 0. The molecular formula is C15H12N6. The fraction of sp³-hybridized carbons (Fsp3) is 0.200. The first-order valence-electron chi connectivity index (χ1n) is 6.25. The first-order chi connectivity index (χ1) is 10.1. The summed E-state index contributed by atoms with van der Waals surface area (Å²) in [5.41, 5.74) is 5.99. The largest absolute Gasteiger partial charge is 0.321 e. The fourth-order valence-corrected chi connectivity index (χ4v) is 2.05. The van der Waals surface area contributed by atoms with E-state index in [9.17, 15) is 5.26 Å². The predicted octanol–water partition coefficient (Wildman–Crippen LogP) is 1.39. The summed E-state index contributed by atoms with van der Waals surface area (Å²) in [6.45, 7) is 0.330. The van der Waals surface area contributed by atoms with E-state index in [-0.39, 0.29) is 11.4 Å². The molecular weight excluding hydrogens is 264 g/mol. The van der Waals surface area contributed by atoms with Gasteiger partial charge in [0.2, 0.25) is 0 Å². The highest BCUT2D eigenvalue weighted by Crippen LogP contribution is 2.22. The lowest BCUT2D eigenvalue weighted by atomic mass is 9.89. The number of hydrogen-bond acceptors (Lipinski definition) is 5. The molecule has 0 saturated carbocycles. The van der Waals surface area contributed by atoms with E-state index in [4.69, 9.17) is 16.3 Å². The Morgan fingerprint density at radius 3 is 2.43 bits per heavy atom. The maximum atomic E-state index is 9.38. The van der Waals surface area contributed by atoms with Gasteiger partial charge in [0, 0.05) is 13.0 Å². The van der Waals surface area contributed by atoms with Gasteiger partial charge in [0.1, 0.15) is 17.7 Å². The summed E-state index contributed by atoms with van der Waals surface area (Å²) in [6, 6.07) is 15.0. The topological polar surface area (TPSA) is 115 Å². The van der Waals surface area contributed by atoms with Crippen molar-refractivity contribution in [2.24, 2.45) is 5.73 Å². The third-order valence-electron chi connectivity index (χ3n) is 3.29. The number of nitrogens with two attached hydrogens (primary N) is 1. The van der Waals surface area contributed by atoms with Crippen LogP contribution in [0.15, 0.2) is 36.7 Å². The monoisotopic (exact) mass is 276 g/mol. The molecule has 2 N–H and O–H groups in total. The molecule has 0 aliphatic heterocycles. The summed E-state index contributed by atoms with van der Waals surface area (Å²) in [5, 5.41) is 27.3. The van der Waals surface area contributed by atoms with E-state index in [2.05, 4.69) is 11.1 Å². The van der Waals surface area contributed by atoms with Crippen LogP contribution in [0.1, 0.15) is 23.4 Å². The number of rotatable bonds is 4. The molecule has 1 aromatic heterocycles. The van der Waals surface area contributed by atoms with Crippen LogP contribution >= 0.6 is 0 Å². The van der Waals surface area contributed by atoms with Gasteiger partial charge in [-0.05, 0) is 5.56 Å². The van der Waals surface area contributed by atoms with Crippen LogP contribution in [0.4, 0.5) is 0 Å². The molecule has 0 fully saturated rings. The lowest BCUT2D eigenvalue weighted by Gasteiger charge is -2.22. The third-order valence-corrected chi connectivity index (χ3v) is 3.29. The molecule has 102 valence electrons. The fourth-order valence-electron chi connectivity index (χ4n) is 2.05. The molecule has 2 rings (SSSR count). The molecule has 0 spiro atoms. The van der Waals surface area contributed by atoms with E-state index < -0.39 is 5.54 Å². The molecule has 0 aliphatic carbocycles. The number of imidazole rings is 1. The van der Waals surface area contributed by atoms with Crippen molar-refractivity contribution in [1.29, 1.82) is 15.8 Å². The minimum atomic E-state index is -1.15. The Bertz CT molecular complexity index is 756. The maximum absolute atomic E-state index is 9.38. The Balaban J connectivity index is 2.23. The second kappa shape index (κ2) is 5.88. The van der Waals surface area contributed by atoms with E-state index in [1.54, 1.807) is 16.7 Å². The van der Waals surface area contributed by atoms with Gasteiger partial charge in [-0.2, -0.15) is 15.8 Å². The number of nitriles is 3. The molecule has 1 unspecified atom stereocenters. The van der Waals surface area contributed by atoms with Crippen molar-refractivity contribution in [3.05, 3.63) is 53.6 Å². The summed E-state index contributed by atoms with van der Waals surface area (Å²) >= 11 is 0. The minimum absolute atomic E-state index is 0.0804. The van der Waals surface area contributed by atoms with Gasteiger partial charge in [0.25, 0.3) is 0 Å². The average molecular weight is 276 g/mol. The molecule has 0 amide bonds. The minimum Gasteiger partial charge on any atom is -0.321 e. The van der Waals surface area contributed by atoms with Gasteiger partial charge in [-0.1, -0.05) is 30.3 Å². The van der Waals surface area contributed by atoms with Crippen LogP contribution in [-0.2, 0) is 12.1 Å². The molecule has 6 heteroatoms. The quantitative estimate of drug-likeness (QED) is 0.906. The Kier molecular flexibility index (Phi) is 4.00. The first-order valence-corrected chi connectivity index (χ1v) is 6.25. The number of benzene rings is 1. The zero-order valence-corrected chi connectivity index (χ0v) is 11.2. The number of aromatic nitrogens is 2. The van der Waals surface area contributed by atoms with E-state index in [1.807, 2.05) is 30.3 Å². The van der Waals surface area contributed by atoms with E-state index in [0.29, 0.717) is 18.5 Å². The summed E-state index contributed by atoms with van der Waals surface area (Å²) in [5.74, 6) is 0. The highest BCUT2D eigenvalue weighted by molar-refractivity contribution is 5.36. The summed E-state index contributed by atoms with van der Waals surface area (Å²) < 4.78 is 1.54. The standard InChI is InChI=1S/C15H12N6/c16-8-13-14(9-17)21(11-20-13)7-6-15(19,10-18)12-4-2-1-3-5-12/h1-5,11H,6-7,19H2. The highest BCUT2D eigenvalue weighted by atomic mass is 15.1. The normalized spacial score (nSPS) is 12.7. The Morgan fingerprint density at radius 1 is 1.14 bits per heavy atom. The van der Waals surface area contributed by atoms with Crippen molar-refractivity contribution in [3.63, 3.8) is 0 Å². The van der Waals surface area contributed by atoms with Crippen LogP contribution in [0.2, 0.25) is 0 Å². The zero-order chi connectivity index (χ0) is 15.3. The Morgan fingerprint density at radius 2 is 1.86 bits per heavy atom. The molecule has 0 saturated heterocycles. The van der Waals surface area contributed by atoms with Crippen molar-refractivity contribution in [3.8, 4) is 18.2 Å². The van der Waals surface area contributed by atoms with Gasteiger partial charge in [0.05, 0.1) is 12.4 Å².